The van der Waals surface area contributed by atoms with Crippen LogP contribution in [0.4, 0.5) is 0 Å². The van der Waals surface area contributed by atoms with Crippen molar-refractivity contribution in [3.8, 4) is 0 Å². The molecule has 0 aliphatic carbocycles. The largest absolute Gasteiger partial charge is 0.421 e. The second-order valence-electron chi connectivity index (χ2n) is 5.81. The van der Waals surface area contributed by atoms with Crippen molar-refractivity contribution in [3.05, 3.63) is 53.2 Å². The van der Waals surface area contributed by atoms with E-state index < -0.39 is 6.04 Å². The maximum Gasteiger partial charge on any atom is 0.244 e. The number of hydrogen-bond acceptors (Lipinski definition) is 5. The van der Waals surface area contributed by atoms with Gasteiger partial charge < -0.3 is 14.8 Å². The number of aromatic nitrogens is 2. The molecule has 1 heterocycles. The molecule has 0 saturated heterocycles. The Bertz CT molecular complexity index is 690. The molecule has 0 aliphatic rings. The first-order valence-corrected chi connectivity index (χ1v) is 8.05. The lowest BCUT2D eigenvalue weighted by Gasteiger charge is -2.16. The maximum absolute atomic E-state index is 12.0. The van der Waals surface area contributed by atoms with Crippen LogP contribution in [0.2, 0.25) is 0 Å². The first-order valence-electron chi connectivity index (χ1n) is 8.05. The number of carbonyl (C=O) groups excluding carboxylic acids is 1. The molecule has 6 heteroatoms. The summed E-state index contributed by atoms with van der Waals surface area (Å²) in [6, 6.07) is 7.35. The van der Waals surface area contributed by atoms with Crippen LogP contribution in [-0.4, -0.2) is 27.8 Å². The number of nitrogens with zero attached hydrogens (tertiary/aromatic N) is 2. The highest BCUT2D eigenvalue weighted by Gasteiger charge is 2.12. The Kier molecular flexibility index (Phi) is 6.26. The third kappa shape index (κ3) is 4.76. The van der Waals surface area contributed by atoms with Gasteiger partial charge in [0.2, 0.25) is 17.7 Å². The van der Waals surface area contributed by atoms with Crippen molar-refractivity contribution in [2.24, 2.45) is 0 Å². The minimum Gasteiger partial charge on any atom is -0.421 e. The Hall–Kier alpha value is -2.47. The van der Waals surface area contributed by atoms with Crippen molar-refractivity contribution in [1.82, 2.24) is 15.5 Å². The van der Waals surface area contributed by atoms with Gasteiger partial charge in [0, 0.05) is 18.1 Å². The normalized spacial score (nSPS) is 12.7. The fourth-order valence-electron chi connectivity index (χ4n) is 2.13. The van der Waals surface area contributed by atoms with Crippen molar-refractivity contribution in [1.29, 1.82) is 0 Å². The van der Waals surface area contributed by atoms with Gasteiger partial charge >= 0.3 is 0 Å². The molecule has 0 spiro atoms. The van der Waals surface area contributed by atoms with Crippen molar-refractivity contribution in [2.75, 3.05) is 6.61 Å². The number of amides is 1. The van der Waals surface area contributed by atoms with E-state index in [0.29, 0.717) is 5.89 Å². The average molecular weight is 329 g/mol. The van der Waals surface area contributed by atoms with E-state index in [1.54, 1.807) is 0 Å². The smallest absolute Gasteiger partial charge is 0.244 e. The highest BCUT2D eigenvalue weighted by atomic mass is 16.4. The molecule has 1 unspecified atom stereocenters. The van der Waals surface area contributed by atoms with Crippen LogP contribution in [0, 0.1) is 0 Å². The van der Waals surface area contributed by atoms with Gasteiger partial charge in [-0.3, -0.25) is 4.79 Å². The molecule has 24 heavy (non-hydrogen) atoms. The van der Waals surface area contributed by atoms with Gasteiger partial charge in [-0.25, -0.2) is 0 Å². The molecule has 0 fully saturated rings. The lowest BCUT2D eigenvalue weighted by molar-refractivity contribution is -0.117. The zero-order valence-corrected chi connectivity index (χ0v) is 14.2. The predicted octanol–water partition coefficient (Wildman–Crippen LogP) is 2.62. The van der Waals surface area contributed by atoms with E-state index in [1.807, 2.05) is 38.1 Å². The minimum atomic E-state index is -0.457. The summed E-state index contributed by atoms with van der Waals surface area (Å²) in [5.41, 5.74) is 2.07. The van der Waals surface area contributed by atoms with Gasteiger partial charge in [0.15, 0.2) is 0 Å². The van der Waals surface area contributed by atoms with Gasteiger partial charge in [0.05, 0.1) is 12.6 Å². The van der Waals surface area contributed by atoms with Crippen molar-refractivity contribution >= 4 is 12.0 Å². The molecule has 0 aliphatic heterocycles. The molecule has 1 aromatic carbocycles. The zero-order chi connectivity index (χ0) is 17.5. The fraction of sp³-hybridized carbons (Fsp3) is 0.389. The quantitative estimate of drug-likeness (QED) is 0.762. The van der Waals surface area contributed by atoms with Gasteiger partial charge in [-0.05, 0) is 17.5 Å². The number of benzene rings is 1. The predicted molar refractivity (Wildman–Crippen MR) is 91.2 cm³/mol. The molecule has 0 saturated carbocycles. The second-order valence-corrected chi connectivity index (χ2v) is 5.81. The minimum absolute atomic E-state index is 0.137. The van der Waals surface area contributed by atoms with E-state index in [1.165, 1.54) is 17.7 Å². The van der Waals surface area contributed by atoms with Crippen molar-refractivity contribution in [3.63, 3.8) is 0 Å². The van der Waals surface area contributed by atoms with Crippen LogP contribution in [0.25, 0.3) is 6.08 Å². The summed E-state index contributed by atoms with van der Waals surface area (Å²) >= 11 is 0. The lowest BCUT2D eigenvalue weighted by Crippen LogP contribution is -2.29. The summed E-state index contributed by atoms with van der Waals surface area (Å²) in [5.74, 6) is 0.609. The number of rotatable bonds is 7. The molecule has 1 amide bonds. The zero-order valence-electron chi connectivity index (χ0n) is 14.2. The summed E-state index contributed by atoms with van der Waals surface area (Å²) in [5, 5.41) is 20.0. The summed E-state index contributed by atoms with van der Waals surface area (Å²) in [6.45, 7) is 5.79. The summed E-state index contributed by atoms with van der Waals surface area (Å²) in [6.07, 6.45) is 3.73. The van der Waals surface area contributed by atoms with Gasteiger partial charge in [-0.15, -0.1) is 10.2 Å². The number of nitrogens with one attached hydrogen (secondary N) is 1. The van der Waals surface area contributed by atoms with Gasteiger partial charge in [-0.2, -0.15) is 0 Å². The molecular formula is C18H23N3O3. The van der Waals surface area contributed by atoms with Gasteiger partial charge in [0.25, 0.3) is 0 Å². The van der Waals surface area contributed by atoms with E-state index in [2.05, 4.69) is 22.4 Å². The molecule has 1 aromatic heterocycles. The first-order chi connectivity index (χ1) is 11.5. The molecule has 128 valence electrons. The van der Waals surface area contributed by atoms with Crippen LogP contribution in [0.3, 0.4) is 0 Å². The maximum atomic E-state index is 12.0. The molecule has 0 radical (unpaired) electrons. The first kappa shape index (κ1) is 17.9. The van der Waals surface area contributed by atoms with Crippen LogP contribution in [-0.2, 0) is 11.2 Å². The number of aliphatic hydroxyl groups is 1. The molecule has 2 aromatic rings. The number of hydrogen-bond donors (Lipinski definition) is 2. The Morgan fingerprint density at radius 1 is 1.29 bits per heavy atom. The second kappa shape index (κ2) is 8.40. The van der Waals surface area contributed by atoms with Gasteiger partial charge in [-0.1, -0.05) is 45.0 Å². The highest BCUT2D eigenvalue weighted by Crippen LogP contribution is 2.15. The third-order valence-electron chi connectivity index (χ3n) is 3.62. The standard InChI is InChI=1S/C18H23N3O3/c1-4-13-5-7-14(8-6-13)15(11-22)19-16(23)9-10-17-20-21-18(24-17)12(2)3/h5-10,12,15,22H,4,11H2,1-3H3,(H,19,23)/b10-9+. The molecule has 6 nitrogen and oxygen atoms in total. The Morgan fingerprint density at radius 3 is 2.54 bits per heavy atom. The number of carbonyl (C=O) groups is 1. The van der Waals surface area contributed by atoms with Crippen molar-refractivity contribution < 1.29 is 14.3 Å². The lowest BCUT2D eigenvalue weighted by atomic mass is 10.0. The monoisotopic (exact) mass is 329 g/mol. The van der Waals surface area contributed by atoms with Crippen LogP contribution < -0.4 is 5.32 Å². The Labute approximate surface area is 141 Å². The summed E-state index contributed by atoms with van der Waals surface area (Å²) in [7, 11) is 0. The van der Waals surface area contributed by atoms with Crippen molar-refractivity contribution in [2.45, 2.75) is 39.2 Å². The van der Waals surface area contributed by atoms with E-state index in [9.17, 15) is 9.90 Å². The average Bonchev–Trinajstić information content (AvgIpc) is 3.07. The number of aryl methyl sites for hydroxylation is 1. The summed E-state index contributed by atoms with van der Waals surface area (Å²) < 4.78 is 5.40. The van der Waals surface area contributed by atoms with Gasteiger partial charge in [0.1, 0.15) is 0 Å². The Balaban J connectivity index is 1.98. The Morgan fingerprint density at radius 2 is 2.00 bits per heavy atom. The van der Waals surface area contributed by atoms with E-state index in [0.717, 1.165) is 12.0 Å². The van der Waals surface area contributed by atoms with E-state index in [-0.39, 0.29) is 24.3 Å². The van der Waals surface area contributed by atoms with Crippen LogP contribution >= 0.6 is 0 Å². The third-order valence-corrected chi connectivity index (χ3v) is 3.62. The number of aliphatic hydroxyl groups excluding tert-OH is 1. The fourth-order valence-corrected chi connectivity index (χ4v) is 2.13. The molecular weight excluding hydrogens is 306 g/mol. The topological polar surface area (TPSA) is 88.2 Å². The van der Waals surface area contributed by atoms with Crippen LogP contribution in [0.1, 0.15) is 55.6 Å². The van der Waals surface area contributed by atoms with Crippen LogP contribution in [0.15, 0.2) is 34.8 Å². The van der Waals surface area contributed by atoms with E-state index >= 15 is 0 Å². The SMILES string of the molecule is CCc1ccc(C(CO)NC(=O)/C=C/c2nnc(C(C)C)o2)cc1. The van der Waals surface area contributed by atoms with E-state index in [4.69, 9.17) is 4.42 Å². The molecule has 0 bridgehead atoms. The van der Waals surface area contributed by atoms with Crippen LogP contribution in [0.5, 0.6) is 0 Å². The molecule has 2 rings (SSSR count). The summed E-state index contributed by atoms with van der Waals surface area (Å²) in [4.78, 5) is 12.0. The molecule has 1 atom stereocenters. The highest BCUT2D eigenvalue weighted by molar-refractivity contribution is 5.91. The molecule has 2 N–H and O–H groups in total.